The van der Waals surface area contributed by atoms with Gasteiger partial charge in [-0.05, 0) is 12.0 Å². The van der Waals surface area contributed by atoms with E-state index in [4.69, 9.17) is 0 Å². The summed E-state index contributed by atoms with van der Waals surface area (Å²) in [5.74, 6) is 0.0294. The van der Waals surface area contributed by atoms with Crippen molar-refractivity contribution in [3.05, 3.63) is 35.9 Å². The number of rotatable bonds is 17. The maximum atomic E-state index is 11.6. The van der Waals surface area contributed by atoms with Crippen LogP contribution in [0.25, 0.3) is 0 Å². The molecule has 1 rings (SSSR count). The first-order chi connectivity index (χ1) is 13.7. The van der Waals surface area contributed by atoms with Gasteiger partial charge in [-0.15, -0.1) is 0 Å². The molecule has 3 N–H and O–H groups in total. The Morgan fingerprint density at radius 3 is 2.14 bits per heavy atom. The molecule has 1 aromatic carbocycles. The van der Waals surface area contributed by atoms with Crippen molar-refractivity contribution < 1.29 is 9.90 Å². The molecule has 2 unspecified atom stereocenters. The van der Waals surface area contributed by atoms with Crippen molar-refractivity contribution in [1.82, 2.24) is 10.6 Å². The zero-order valence-corrected chi connectivity index (χ0v) is 18.1. The number of carbonyl (C=O) groups excluding carboxylic acids is 1. The first kappa shape index (κ1) is 24.6. The number of benzene rings is 1. The molecule has 0 aromatic heterocycles. The van der Waals surface area contributed by atoms with E-state index >= 15 is 0 Å². The van der Waals surface area contributed by atoms with Crippen LogP contribution >= 0.6 is 0 Å². The van der Waals surface area contributed by atoms with Crippen LogP contribution in [0.4, 0.5) is 0 Å². The molecular weight excluding hydrogens is 348 g/mol. The van der Waals surface area contributed by atoms with Crippen molar-refractivity contribution in [3.8, 4) is 0 Å². The van der Waals surface area contributed by atoms with Crippen molar-refractivity contribution in [3.63, 3.8) is 0 Å². The Kier molecular flexibility index (Phi) is 14.6. The molecule has 28 heavy (non-hydrogen) atoms. The van der Waals surface area contributed by atoms with Gasteiger partial charge in [0.15, 0.2) is 0 Å². The molecule has 0 radical (unpaired) electrons. The zero-order valence-electron chi connectivity index (χ0n) is 18.1. The summed E-state index contributed by atoms with van der Waals surface area (Å²) in [7, 11) is 0. The lowest BCUT2D eigenvalue weighted by atomic mass is 10.0. The first-order valence-electron chi connectivity index (χ1n) is 11.4. The fourth-order valence-electron chi connectivity index (χ4n) is 3.40. The minimum absolute atomic E-state index is 0.0294. The van der Waals surface area contributed by atoms with Gasteiger partial charge in [-0.25, -0.2) is 0 Å². The second-order valence-corrected chi connectivity index (χ2v) is 7.82. The second kappa shape index (κ2) is 16.6. The Labute approximate surface area is 172 Å². The van der Waals surface area contributed by atoms with Crippen LogP contribution in [0.2, 0.25) is 0 Å². The Bertz CT molecular complexity index is 493. The summed E-state index contributed by atoms with van der Waals surface area (Å²) in [6, 6.07) is 10.1. The van der Waals surface area contributed by atoms with Gasteiger partial charge in [-0.3, -0.25) is 4.79 Å². The van der Waals surface area contributed by atoms with Crippen LogP contribution in [-0.2, 0) is 11.3 Å². The molecule has 1 amide bonds. The molecule has 0 aliphatic heterocycles. The van der Waals surface area contributed by atoms with E-state index in [2.05, 4.69) is 29.7 Å². The fourth-order valence-corrected chi connectivity index (χ4v) is 3.40. The van der Waals surface area contributed by atoms with Gasteiger partial charge in [0, 0.05) is 19.5 Å². The Balaban J connectivity index is 2.28. The van der Waals surface area contributed by atoms with Gasteiger partial charge in [-0.2, -0.15) is 0 Å². The average Bonchev–Trinajstić information content (AvgIpc) is 2.72. The molecule has 4 heteroatoms. The lowest BCUT2D eigenvalue weighted by molar-refractivity contribution is -0.121. The smallest absolute Gasteiger partial charge is 0.219 e. The number of amides is 1. The van der Waals surface area contributed by atoms with E-state index in [0.717, 1.165) is 12.8 Å². The summed E-state index contributed by atoms with van der Waals surface area (Å²) >= 11 is 0. The predicted octanol–water partition coefficient (Wildman–Crippen LogP) is 4.95. The van der Waals surface area contributed by atoms with E-state index in [0.29, 0.717) is 19.5 Å². The molecule has 1 aromatic rings. The molecule has 0 saturated carbocycles. The van der Waals surface area contributed by atoms with E-state index in [1.54, 1.807) is 0 Å². The number of unbranched alkanes of at least 4 members (excludes halogenated alkanes) is 8. The number of nitrogens with one attached hydrogen (secondary N) is 2. The fraction of sp³-hybridized carbons (Fsp3) is 0.708. The monoisotopic (exact) mass is 390 g/mol. The number of hydrogen-bond donors (Lipinski definition) is 3. The minimum Gasteiger partial charge on any atom is -0.391 e. The quantitative estimate of drug-likeness (QED) is 0.330. The number of carbonyl (C=O) groups is 1. The van der Waals surface area contributed by atoms with Crippen LogP contribution in [0.15, 0.2) is 30.3 Å². The summed E-state index contributed by atoms with van der Waals surface area (Å²) in [6.45, 7) is 5.27. The van der Waals surface area contributed by atoms with Crippen molar-refractivity contribution in [2.24, 2.45) is 0 Å². The largest absolute Gasteiger partial charge is 0.391 e. The van der Waals surface area contributed by atoms with Gasteiger partial charge < -0.3 is 15.7 Å². The summed E-state index contributed by atoms with van der Waals surface area (Å²) in [4.78, 5) is 11.6. The average molecular weight is 391 g/mol. The predicted molar refractivity (Wildman–Crippen MR) is 118 cm³/mol. The third-order valence-corrected chi connectivity index (χ3v) is 5.32. The van der Waals surface area contributed by atoms with Crippen molar-refractivity contribution >= 4 is 5.91 Å². The van der Waals surface area contributed by atoms with E-state index < -0.39 is 6.10 Å². The molecular formula is C24H42N2O2. The Morgan fingerprint density at radius 1 is 0.929 bits per heavy atom. The van der Waals surface area contributed by atoms with Crippen LogP contribution in [0.5, 0.6) is 0 Å². The summed E-state index contributed by atoms with van der Waals surface area (Å²) in [6.07, 6.45) is 12.3. The lowest BCUT2D eigenvalue weighted by Crippen LogP contribution is -2.47. The van der Waals surface area contributed by atoms with Crippen LogP contribution in [-0.4, -0.2) is 29.7 Å². The van der Waals surface area contributed by atoms with Gasteiger partial charge in [0.05, 0.1) is 12.1 Å². The molecule has 0 fully saturated rings. The third kappa shape index (κ3) is 12.1. The standard InChI is InChI=1S/C24H42N2O2/c1-3-5-6-7-8-9-10-11-15-18-23(27)22(20-26-24(28)4-2)25-19-21-16-13-12-14-17-21/h12-14,16-17,22-23,25,27H,3-11,15,18-20H2,1-2H3,(H,26,28). The Morgan fingerprint density at radius 2 is 1.54 bits per heavy atom. The highest BCUT2D eigenvalue weighted by Gasteiger charge is 2.19. The molecule has 0 aliphatic rings. The summed E-state index contributed by atoms with van der Waals surface area (Å²) < 4.78 is 0. The molecule has 0 spiro atoms. The van der Waals surface area contributed by atoms with E-state index in [9.17, 15) is 9.90 Å². The highest BCUT2D eigenvalue weighted by atomic mass is 16.3. The van der Waals surface area contributed by atoms with Crippen molar-refractivity contribution in [2.45, 2.75) is 103 Å². The Hall–Kier alpha value is -1.39. The minimum atomic E-state index is -0.439. The molecule has 0 heterocycles. The number of aliphatic hydroxyl groups is 1. The lowest BCUT2D eigenvalue weighted by Gasteiger charge is -2.25. The highest BCUT2D eigenvalue weighted by Crippen LogP contribution is 2.13. The van der Waals surface area contributed by atoms with Crippen LogP contribution < -0.4 is 10.6 Å². The topological polar surface area (TPSA) is 61.4 Å². The van der Waals surface area contributed by atoms with E-state index in [1.165, 1.54) is 56.9 Å². The normalized spacial score (nSPS) is 13.2. The third-order valence-electron chi connectivity index (χ3n) is 5.32. The van der Waals surface area contributed by atoms with Crippen molar-refractivity contribution in [2.75, 3.05) is 6.54 Å². The second-order valence-electron chi connectivity index (χ2n) is 7.82. The zero-order chi connectivity index (χ0) is 20.5. The maximum absolute atomic E-state index is 11.6. The number of hydrogen-bond acceptors (Lipinski definition) is 3. The van der Waals surface area contributed by atoms with Gasteiger partial charge in [0.2, 0.25) is 5.91 Å². The summed E-state index contributed by atoms with van der Waals surface area (Å²) in [5, 5.41) is 17.0. The van der Waals surface area contributed by atoms with Crippen LogP contribution in [0, 0.1) is 0 Å². The van der Waals surface area contributed by atoms with Crippen LogP contribution in [0.1, 0.15) is 90.0 Å². The molecule has 4 nitrogen and oxygen atoms in total. The number of aliphatic hydroxyl groups excluding tert-OH is 1. The van der Waals surface area contributed by atoms with Gasteiger partial charge in [0.1, 0.15) is 0 Å². The van der Waals surface area contributed by atoms with Gasteiger partial charge in [0.25, 0.3) is 0 Å². The van der Waals surface area contributed by atoms with E-state index in [1.807, 2.05) is 25.1 Å². The maximum Gasteiger partial charge on any atom is 0.219 e. The van der Waals surface area contributed by atoms with Gasteiger partial charge in [-0.1, -0.05) is 102 Å². The molecule has 0 saturated heterocycles. The van der Waals surface area contributed by atoms with E-state index in [-0.39, 0.29) is 11.9 Å². The molecule has 160 valence electrons. The van der Waals surface area contributed by atoms with Crippen molar-refractivity contribution in [1.29, 1.82) is 0 Å². The summed E-state index contributed by atoms with van der Waals surface area (Å²) in [5.41, 5.74) is 1.18. The SMILES string of the molecule is CCCCCCCCCCCC(O)C(CNC(=O)CC)NCc1ccccc1. The highest BCUT2D eigenvalue weighted by molar-refractivity contribution is 5.75. The van der Waals surface area contributed by atoms with Crippen LogP contribution in [0.3, 0.4) is 0 Å². The first-order valence-corrected chi connectivity index (χ1v) is 11.4. The molecule has 0 aliphatic carbocycles. The molecule has 0 bridgehead atoms. The molecule has 2 atom stereocenters. The van der Waals surface area contributed by atoms with Gasteiger partial charge >= 0.3 is 0 Å².